The van der Waals surface area contributed by atoms with Crippen molar-refractivity contribution in [2.24, 2.45) is 0 Å². The van der Waals surface area contributed by atoms with Gasteiger partial charge in [-0.25, -0.2) is 4.39 Å². The highest BCUT2D eigenvalue weighted by molar-refractivity contribution is 5.43. The first-order valence-electron chi connectivity index (χ1n) is 9.40. The minimum atomic E-state index is -4.75. The minimum absolute atomic E-state index is 0.0747. The molecule has 0 aromatic heterocycles. The zero-order valence-electron chi connectivity index (χ0n) is 16.2. The molecule has 156 valence electrons. The lowest BCUT2D eigenvalue weighted by molar-refractivity contribution is -0.274. The van der Waals surface area contributed by atoms with Crippen molar-refractivity contribution in [2.45, 2.75) is 25.6 Å². The Morgan fingerprint density at radius 1 is 0.867 bits per heavy atom. The van der Waals surface area contributed by atoms with E-state index in [4.69, 9.17) is 4.74 Å². The van der Waals surface area contributed by atoms with E-state index < -0.39 is 12.2 Å². The van der Waals surface area contributed by atoms with Gasteiger partial charge in [-0.05, 0) is 53.9 Å². The van der Waals surface area contributed by atoms with E-state index in [2.05, 4.69) is 4.74 Å². The first kappa shape index (κ1) is 21.4. The number of benzene rings is 3. The molecule has 0 aliphatic rings. The second-order valence-corrected chi connectivity index (χ2v) is 6.54. The Hall–Kier alpha value is -3.28. The van der Waals surface area contributed by atoms with E-state index in [0.717, 1.165) is 17.5 Å². The molecule has 30 heavy (non-hydrogen) atoms. The Balaban J connectivity index is 1.92. The first-order valence-corrected chi connectivity index (χ1v) is 9.40. The van der Waals surface area contributed by atoms with Gasteiger partial charge in [0.05, 0.1) is 0 Å². The van der Waals surface area contributed by atoms with Crippen LogP contribution in [0.25, 0.3) is 0 Å². The molecule has 0 amide bonds. The fourth-order valence-corrected chi connectivity index (χ4v) is 2.97. The zero-order chi connectivity index (χ0) is 21.6. The summed E-state index contributed by atoms with van der Waals surface area (Å²) in [6, 6.07) is 19.1. The fourth-order valence-electron chi connectivity index (χ4n) is 2.97. The molecule has 2 nitrogen and oxygen atoms in total. The normalized spacial score (nSPS) is 12.7. The van der Waals surface area contributed by atoms with Gasteiger partial charge in [-0.3, -0.25) is 0 Å². The van der Waals surface area contributed by atoms with E-state index in [-0.39, 0.29) is 17.4 Å². The third kappa shape index (κ3) is 5.86. The van der Waals surface area contributed by atoms with Crippen molar-refractivity contribution in [3.63, 3.8) is 0 Å². The van der Waals surface area contributed by atoms with Gasteiger partial charge in [-0.15, -0.1) is 13.2 Å². The average molecular weight is 416 g/mol. The largest absolute Gasteiger partial charge is 0.573 e. The quantitative estimate of drug-likeness (QED) is 0.291. The van der Waals surface area contributed by atoms with E-state index in [0.29, 0.717) is 5.75 Å². The first-order chi connectivity index (χ1) is 14.4. The van der Waals surface area contributed by atoms with Gasteiger partial charge < -0.3 is 9.47 Å². The molecule has 0 fully saturated rings. The predicted octanol–water partition coefficient (Wildman–Crippen LogP) is 7.61. The van der Waals surface area contributed by atoms with Gasteiger partial charge in [0, 0.05) is 5.92 Å². The molecule has 1 unspecified atom stereocenters. The Bertz CT molecular complexity index is 980. The number of halogens is 4. The Morgan fingerprint density at radius 3 is 2.17 bits per heavy atom. The number of alkyl halides is 3. The van der Waals surface area contributed by atoms with Crippen LogP contribution in [-0.4, -0.2) is 6.36 Å². The van der Waals surface area contributed by atoms with Crippen LogP contribution in [0.1, 0.15) is 30.4 Å². The molecule has 0 aliphatic carbocycles. The maximum atomic E-state index is 14.3. The summed E-state index contributed by atoms with van der Waals surface area (Å²) in [5, 5.41) is 0. The number of hydrogen-bond acceptors (Lipinski definition) is 2. The van der Waals surface area contributed by atoms with Crippen LogP contribution >= 0.6 is 0 Å². The molecule has 0 saturated heterocycles. The Kier molecular flexibility index (Phi) is 6.77. The Morgan fingerprint density at radius 2 is 1.53 bits per heavy atom. The lowest BCUT2D eigenvalue weighted by Gasteiger charge is -2.17. The van der Waals surface area contributed by atoms with Crippen molar-refractivity contribution in [1.29, 1.82) is 0 Å². The molecule has 0 spiro atoms. The Labute approximate surface area is 172 Å². The average Bonchev–Trinajstić information content (AvgIpc) is 2.71. The van der Waals surface area contributed by atoms with Gasteiger partial charge in [0.15, 0.2) is 11.6 Å². The molecule has 0 saturated carbocycles. The second-order valence-electron chi connectivity index (χ2n) is 6.54. The zero-order valence-corrected chi connectivity index (χ0v) is 16.2. The molecule has 1 atom stereocenters. The molecule has 0 aliphatic heterocycles. The van der Waals surface area contributed by atoms with Crippen molar-refractivity contribution < 1.29 is 27.0 Å². The van der Waals surface area contributed by atoms with Gasteiger partial charge in [0.25, 0.3) is 0 Å². The number of hydrogen-bond donors (Lipinski definition) is 0. The van der Waals surface area contributed by atoms with E-state index >= 15 is 0 Å². The maximum Gasteiger partial charge on any atom is 0.573 e. The van der Waals surface area contributed by atoms with Crippen molar-refractivity contribution in [2.75, 3.05) is 0 Å². The lowest BCUT2D eigenvalue weighted by atomic mass is 9.90. The number of ether oxygens (including phenoxy) is 2. The van der Waals surface area contributed by atoms with E-state index in [9.17, 15) is 17.6 Å². The molecule has 0 bridgehead atoms. The smallest absolute Gasteiger partial charge is 0.454 e. The van der Waals surface area contributed by atoms with Gasteiger partial charge >= 0.3 is 6.36 Å². The summed E-state index contributed by atoms with van der Waals surface area (Å²) >= 11 is 0. The van der Waals surface area contributed by atoms with Crippen LogP contribution in [-0.2, 0) is 0 Å². The predicted molar refractivity (Wildman–Crippen MR) is 107 cm³/mol. The summed E-state index contributed by atoms with van der Waals surface area (Å²) < 4.78 is 61.2. The van der Waals surface area contributed by atoms with Crippen molar-refractivity contribution in [1.82, 2.24) is 0 Å². The van der Waals surface area contributed by atoms with Gasteiger partial charge in [0.1, 0.15) is 11.5 Å². The fraction of sp³-hybridized carbons (Fsp3) is 0.167. The third-order valence-electron chi connectivity index (χ3n) is 4.32. The van der Waals surface area contributed by atoms with Crippen LogP contribution in [0.4, 0.5) is 17.6 Å². The highest BCUT2D eigenvalue weighted by Gasteiger charge is 2.31. The third-order valence-corrected chi connectivity index (χ3v) is 4.32. The molecule has 6 heteroatoms. The highest BCUT2D eigenvalue weighted by Crippen LogP contribution is 2.33. The van der Waals surface area contributed by atoms with Gasteiger partial charge in [-0.2, -0.15) is 0 Å². The molecule has 3 aromatic carbocycles. The standard InChI is InChI=1S/C24H20F4O2/c1-2-3-9-21(17-10-13-20(14-11-17)30-24(26,27)28)18-12-15-22(25)23(16-18)29-19-7-5-4-6-8-19/h3-16,21H,2H2,1H3. The maximum absolute atomic E-state index is 14.3. The highest BCUT2D eigenvalue weighted by atomic mass is 19.4. The summed E-state index contributed by atoms with van der Waals surface area (Å²) in [6.45, 7) is 1.97. The number of rotatable bonds is 7. The molecular weight excluding hydrogens is 396 g/mol. The van der Waals surface area contributed by atoms with Crippen molar-refractivity contribution in [3.8, 4) is 17.2 Å². The molecule has 3 rings (SSSR count). The minimum Gasteiger partial charge on any atom is -0.454 e. The summed E-state index contributed by atoms with van der Waals surface area (Å²) in [5.41, 5.74) is 1.49. The van der Waals surface area contributed by atoms with Crippen LogP contribution < -0.4 is 9.47 Å². The topological polar surface area (TPSA) is 18.5 Å². The molecule has 0 N–H and O–H groups in total. The summed E-state index contributed by atoms with van der Waals surface area (Å²) in [5.74, 6) is -0.511. The summed E-state index contributed by atoms with van der Waals surface area (Å²) in [7, 11) is 0. The van der Waals surface area contributed by atoms with Crippen molar-refractivity contribution in [3.05, 3.63) is 102 Å². The SMILES string of the molecule is CCC=CC(c1ccc(OC(F)(F)F)cc1)c1ccc(F)c(Oc2ccccc2)c1. The summed E-state index contributed by atoms with van der Waals surface area (Å²) in [6.07, 6.45) is -0.0883. The number of para-hydroxylation sites is 1. The monoisotopic (exact) mass is 416 g/mol. The van der Waals surface area contributed by atoms with Gasteiger partial charge in [-0.1, -0.05) is 55.5 Å². The van der Waals surface area contributed by atoms with Crippen LogP contribution in [0.2, 0.25) is 0 Å². The van der Waals surface area contributed by atoms with Gasteiger partial charge in [0.2, 0.25) is 0 Å². The van der Waals surface area contributed by atoms with Crippen LogP contribution in [0.5, 0.6) is 17.2 Å². The molecule has 0 radical (unpaired) electrons. The van der Waals surface area contributed by atoms with Crippen LogP contribution in [0, 0.1) is 5.82 Å². The van der Waals surface area contributed by atoms with E-state index in [1.54, 1.807) is 48.5 Å². The summed E-state index contributed by atoms with van der Waals surface area (Å²) in [4.78, 5) is 0. The van der Waals surface area contributed by atoms with Crippen LogP contribution in [0.15, 0.2) is 84.9 Å². The van der Waals surface area contributed by atoms with Crippen LogP contribution in [0.3, 0.4) is 0 Å². The van der Waals surface area contributed by atoms with E-state index in [1.165, 1.54) is 18.2 Å². The second kappa shape index (κ2) is 9.48. The number of allylic oxidation sites excluding steroid dienone is 2. The molecule has 3 aromatic rings. The van der Waals surface area contributed by atoms with Crippen molar-refractivity contribution >= 4 is 0 Å². The van der Waals surface area contributed by atoms with E-state index in [1.807, 2.05) is 25.1 Å². The molecule has 0 heterocycles. The lowest BCUT2D eigenvalue weighted by Crippen LogP contribution is -2.17. The molecular formula is C24H20F4O2.